The number of nitrogens with one attached hydrogen (secondary N) is 3. The Kier molecular flexibility index (Phi) is 5.38. The summed E-state index contributed by atoms with van der Waals surface area (Å²) in [5.41, 5.74) is 0.200. The lowest BCUT2D eigenvalue weighted by Gasteiger charge is -2.31. The third-order valence-corrected chi connectivity index (χ3v) is 4.50. The second kappa shape index (κ2) is 7.71. The van der Waals surface area contributed by atoms with E-state index >= 15 is 0 Å². The third kappa shape index (κ3) is 3.94. The molecule has 140 valence electrons. The molecule has 0 spiro atoms. The van der Waals surface area contributed by atoms with Crippen LogP contribution >= 0.6 is 0 Å². The quantitative estimate of drug-likeness (QED) is 0.456. The maximum atomic E-state index is 12.4. The lowest BCUT2D eigenvalue weighted by molar-refractivity contribution is -0.129. The molecular formula is C17H21N3O6. The monoisotopic (exact) mass is 363 g/mol. The van der Waals surface area contributed by atoms with Gasteiger partial charge in [-0.15, -0.1) is 0 Å². The van der Waals surface area contributed by atoms with Crippen molar-refractivity contribution < 1.29 is 29.0 Å². The fourth-order valence-electron chi connectivity index (χ4n) is 3.06. The van der Waals surface area contributed by atoms with Crippen LogP contribution in [-0.4, -0.2) is 58.8 Å². The Bertz CT molecular complexity index is 714. The van der Waals surface area contributed by atoms with Gasteiger partial charge in [0.05, 0.1) is 18.4 Å². The zero-order chi connectivity index (χ0) is 18.7. The lowest BCUT2D eigenvalue weighted by atomic mass is 9.89. The van der Waals surface area contributed by atoms with Crippen molar-refractivity contribution in [1.29, 1.82) is 0 Å². The maximum Gasteiger partial charge on any atom is 0.287 e. The lowest BCUT2D eigenvalue weighted by Crippen LogP contribution is -2.53. The van der Waals surface area contributed by atoms with Crippen LogP contribution in [-0.2, 0) is 9.59 Å². The molecule has 2 heterocycles. The van der Waals surface area contributed by atoms with Crippen molar-refractivity contribution in [2.45, 2.75) is 43.6 Å². The van der Waals surface area contributed by atoms with Crippen LogP contribution in [0.25, 0.3) is 0 Å². The Morgan fingerprint density at radius 3 is 2.73 bits per heavy atom. The zero-order valence-corrected chi connectivity index (χ0v) is 14.0. The highest BCUT2D eigenvalue weighted by molar-refractivity contribution is 5.98. The van der Waals surface area contributed by atoms with Crippen LogP contribution in [0.5, 0.6) is 0 Å². The van der Waals surface area contributed by atoms with Crippen LogP contribution < -0.4 is 16.0 Å². The maximum absolute atomic E-state index is 12.4. The van der Waals surface area contributed by atoms with E-state index in [-0.39, 0.29) is 23.7 Å². The summed E-state index contributed by atoms with van der Waals surface area (Å²) in [4.78, 5) is 36.3. The second-order valence-electron chi connectivity index (χ2n) is 6.39. The number of amides is 3. The molecule has 9 heteroatoms. The van der Waals surface area contributed by atoms with E-state index in [1.807, 2.05) is 0 Å². The van der Waals surface area contributed by atoms with Crippen LogP contribution in [0.3, 0.4) is 0 Å². The molecule has 0 saturated carbocycles. The van der Waals surface area contributed by atoms with Gasteiger partial charge in [0, 0.05) is 18.5 Å². The average molecular weight is 363 g/mol. The number of furan rings is 1. The third-order valence-electron chi connectivity index (χ3n) is 4.50. The highest BCUT2D eigenvalue weighted by atomic mass is 16.3. The summed E-state index contributed by atoms with van der Waals surface area (Å²) in [6.45, 7) is 0.583. The van der Waals surface area contributed by atoms with Gasteiger partial charge in [0.15, 0.2) is 5.76 Å². The Hall–Kier alpha value is -2.65. The van der Waals surface area contributed by atoms with Crippen LogP contribution in [0, 0.1) is 0 Å². The van der Waals surface area contributed by atoms with Gasteiger partial charge >= 0.3 is 0 Å². The SMILES string of the molecule is O=C(N[C@H]1CCCNC1=O)C1=C[C@@H](NC(=O)c2ccco2)[C@@H](O)[C@H](O)C1. The van der Waals surface area contributed by atoms with Gasteiger partial charge in [-0.2, -0.15) is 0 Å². The molecule has 1 aromatic heterocycles. The Morgan fingerprint density at radius 2 is 2.04 bits per heavy atom. The van der Waals surface area contributed by atoms with Gasteiger partial charge < -0.3 is 30.6 Å². The molecule has 2 aliphatic rings. The van der Waals surface area contributed by atoms with E-state index in [1.165, 1.54) is 18.4 Å². The molecule has 9 nitrogen and oxygen atoms in total. The van der Waals surface area contributed by atoms with Crippen LogP contribution in [0.15, 0.2) is 34.5 Å². The molecule has 3 amide bonds. The molecule has 5 N–H and O–H groups in total. The molecule has 0 radical (unpaired) electrons. The summed E-state index contributed by atoms with van der Waals surface area (Å²) in [6, 6.07) is 1.42. The summed E-state index contributed by atoms with van der Waals surface area (Å²) in [5.74, 6) is -1.27. The van der Waals surface area contributed by atoms with Crippen molar-refractivity contribution in [1.82, 2.24) is 16.0 Å². The van der Waals surface area contributed by atoms with E-state index in [9.17, 15) is 24.6 Å². The number of rotatable bonds is 4. The van der Waals surface area contributed by atoms with Gasteiger partial charge in [0.25, 0.3) is 5.91 Å². The molecule has 1 aromatic rings. The van der Waals surface area contributed by atoms with Crippen molar-refractivity contribution in [2.75, 3.05) is 6.54 Å². The van der Waals surface area contributed by atoms with Crippen molar-refractivity contribution in [3.63, 3.8) is 0 Å². The van der Waals surface area contributed by atoms with E-state index < -0.39 is 36.1 Å². The number of hydrogen-bond donors (Lipinski definition) is 5. The minimum atomic E-state index is -1.26. The first-order chi connectivity index (χ1) is 12.5. The number of aliphatic hydroxyl groups is 2. The van der Waals surface area contributed by atoms with E-state index in [4.69, 9.17) is 4.42 Å². The Labute approximate surface area is 149 Å². The van der Waals surface area contributed by atoms with Gasteiger partial charge in [-0.05, 0) is 25.0 Å². The van der Waals surface area contributed by atoms with Gasteiger partial charge in [0.1, 0.15) is 12.1 Å². The predicted molar refractivity (Wildman–Crippen MR) is 88.9 cm³/mol. The average Bonchev–Trinajstić information content (AvgIpc) is 3.15. The van der Waals surface area contributed by atoms with Gasteiger partial charge in [-0.3, -0.25) is 14.4 Å². The summed E-state index contributed by atoms with van der Waals surface area (Å²) in [5, 5.41) is 28.0. The summed E-state index contributed by atoms with van der Waals surface area (Å²) in [7, 11) is 0. The van der Waals surface area contributed by atoms with Gasteiger partial charge in [0.2, 0.25) is 11.8 Å². The molecular weight excluding hydrogens is 342 g/mol. The van der Waals surface area contributed by atoms with Crippen LogP contribution in [0.4, 0.5) is 0 Å². The summed E-state index contributed by atoms with van der Waals surface area (Å²) >= 11 is 0. The molecule has 0 unspecified atom stereocenters. The molecule has 4 atom stereocenters. The summed E-state index contributed by atoms with van der Waals surface area (Å²) < 4.78 is 4.98. The predicted octanol–water partition coefficient (Wildman–Crippen LogP) is -1.18. The molecule has 0 bridgehead atoms. The van der Waals surface area contributed by atoms with Crippen molar-refractivity contribution in [2.24, 2.45) is 0 Å². The standard InChI is InChI=1S/C17H21N3O6/c21-12-8-9(15(23)19-10-3-1-5-18-16(10)24)7-11(14(12)22)20-17(25)13-4-2-6-26-13/h2,4,6-7,10-12,14,21-22H,1,3,5,8H2,(H,18,24)(H,19,23)(H,20,25)/t10-,11+,12+,14+/m0/s1. The van der Waals surface area contributed by atoms with E-state index in [1.54, 1.807) is 6.07 Å². The molecule has 1 fully saturated rings. The highest BCUT2D eigenvalue weighted by Crippen LogP contribution is 2.21. The van der Waals surface area contributed by atoms with E-state index in [0.717, 1.165) is 6.42 Å². The zero-order valence-electron chi connectivity index (χ0n) is 14.0. The van der Waals surface area contributed by atoms with Gasteiger partial charge in [-0.25, -0.2) is 0 Å². The van der Waals surface area contributed by atoms with Crippen LogP contribution in [0.1, 0.15) is 29.8 Å². The molecule has 1 saturated heterocycles. The summed E-state index contributed by atoms with van der Waals surface area (Å²) in [6.07, 6.45) is 1.48. The number of carbonyl (C=O) groups excluding carboxylic acids is 3. The van der Waals surface area contributed by atoms with Crippen molar-refractivity contribution >= 4 is 17.7 Å². The highest BCUT2D eigenvalue weighted by Gasteiger charge is 2.35. The van der Waals surface area contributed by atoms with Crippen molar-refractivity contribution in [3.8, 4) is 0 Å². The largest absolute Gasteiger partial charge is 0.459 e. The molecule has 1 aliphatic heterocycles. The number of carbonyl (C=O) groups is 3. The number of piperidine rings is 1. The first kappa shape index (κ1) is 18.2. The Morgan fingerprint density at radius 1 is 1.23 bits per heavy atom. The van der Waals surface area contributed by atoms with Gasteiger partial charge in [-0.1, -0.05) is 6.08 Å². The fraction of sp³-hybridized carbons (Fsp3) is 0.471. The normalized spacial score (nSPS) is 28.7. The fourth-order valence-corrected chi connectivity index (χ4v) is 3.06. The smallest absolute Gasteiger partial charge is 0.287 e. The van der Waals surface area contributed by atoms with E-state index in [0.29, 0.717) is 13.0 Å². The number of hydrogen-bond acceptors (Lipinski definition) is 6. The van der Waals surface area contributed by atoms with Crippen molar-refractivity contribution in [3.05, 3.63) is 35.8 Å². The first-order valence-corrected chi connectivity index (χ1v) is 8.45. The minimum Gasteiger partial charge on any atom is -0.459 e. The minimum absolute atomic E-state index is 0.0514. The van der Waals surface area contributed by atoms with Crippen LogP contribution in [0.2, 0.25) is 0 Å². The number of aliphatic hydroxyl groups excluding tert-OH is 2. The molecule has 26 heavy (non-hydrogen) atoms. The topological polar surface area (TPSA) is 141 Å². The molecule has 3 rings (SSSR count). The first-order valence-electron chi connectivity index (χ1n) is 8.45. The Balaban J connectivity index is 1.70. The van der Waals surface area contributed by atoms with E-state index in [2.05, 4.69) is 16.0 Å². The molecule has 0 aromatic carbocycles. The molecule has 1 aliphatic carbocycles. The second-order valence-corrected chi connectivity index (χ2v) is 6.39.